The maximum atomic E-state index is 13.5. The Kier molecular flexibility index (Phi) is 4.07. The van der Waals surface area contributed by atoms with Gasteiger partial charge in [-0.15, -0.1) is 11.3 Å². The standard InChI is InChI=1S/C15H18FN3OS/c1-18-5-7-19(8-6-18)15-17-13(10-21-15)12-9-11(16)3-4-14(12)20-2/h3-4,9-10H,5-8H2,1-2H3/p+1. The normalized spacial score (nSPS) is 16.2. The molecule has 21 heavy (non-hydrogen) atoms. The summed E-state index contributed by atoms with van der Waals surface area (Å²) < 4.78 is 18.8. The van der Waals surface area contributed by atoms with Gasteiger partial charge in [0.2, 0.25) is 0 Å². The third-order valence-electron chi connectivity index (χ3n) is 3.82. The molecule has 0 aliphatic carbocycles. The predicted molar refractivity (Wildman–Crippen MR) is 82.9 cm³/mol. The quantitative estimate of drug-likeness (QED) is 0.927. The molecule has 1 aliphatic heterocycles. The average molecular weight is 308 g/mol. The summed E-state index contributed by atoms with van der Waals surface area (Å²) in [5.41, 5.74) is 1.48. The molecule has 1 saturated heterocycles. The molecule has 1 aliphatic rings. The fourth-order valence-corrected chi connectivity index (χ4v) is 3.37. The average Bonchev–Trinajstić information content (AvgIpc) is 2.97. The highest BCUT2D eigenvalue weighted by Gasteiger charge is 2.20. The van der Waals surface area contributed by atoms with Crippen LogP contribution in [-0.2, 0) is 0 Å². The van der Waals surface area contributed by atoms with Crippen LogP contribution in [0, 0.1) is 5.82 Å². The zero-order valence-electron chi connectivity index (χ0n) is 12.2. The van der Waals surface area contributed by atoms with Crippen molar-refractivity contribution in [3.8, 4) is 17.0 Å². The molecule has 1 fully saturated rings. The number of rotatable bonds is 3. The van der Waals surface area contributed by atoms with E-state index in [1.54, 1.807) is 29.4 Å². The van der Waals surface area contributed by atoms with E-state index in [1.807, 2.05) is 5.38 Å². The van der Waals surface area contributed by atoms with Gasteiger partial charge in [0.25, 0.3) is 0 Å². The third kappa shape index (κ3) is 3.01. The molecular formula is C15H19FN3OS+. The van der Waals surface area contributed by atoms with Crippen molar-refractivity contribution >= 4 is 16.5 Å². The summed E-state index contributed by atoms with van der Waals surface area (Å²) >= 11 is 1.60. The van der Waals surface area contributed by atoms with E-state index in [-0.39, 0.29) is 5.82 Å². The highest BCUT2D eigenvalue weighted by Crippen LogP contribution is 2.33. The molecule has 1 N–H and O–H groups in total. The van der Waals surface area contributed by atoms with Gasteiger partial charge in [0.15, 0.2) is 5.13 Å². The molecular weight excluding hydrogens is 289 g/mol. The Balaban J connectivity index is 1.86. The molecule has 4 nitrogen and oxygen atoms in total. The first-order valence-electron chi connectivity index (χ1n) is 7.03. The van der Waals surface area contributed by atoms with Gasteiger partial charge < -0.3 is 14.5 Å². The molecule has 6 heteroatoms. The summed E-state index contributed by atoms with van der Waals surface area (Å²) in [6.45, 7) is 4.27. The lowest BCUT2D eigenvalue weighted by Gasteiger charge is -2.29. The summed E-state index contributed by atoms with van der Waals surface area (Å²) in [5.74, 6) is 0.375. The van der Waals surface area contributed by atoms with Gasteiger partial charge in [0, 0.05) is 10.9 Å². The number of aromatic nitrogens is 1. The molecule has 0 bridgehead atoms. The Labute approximate surface area is 127 Å². The molecule has 0 saturated carbocycles. The summed E-state index contributed by atoms with van der Waals surface area (Å²) in [7, 11) is 3.80. The van der Waals surface area contributed by atoms with E-state index in [1.165, 1.54) is 12.1 Å². The van der Waals surface area contributed by atoms with E-state index >= 15 is 0 Å². The van der Waals surface area contributed by atoms with Gasteiger partial charge in [-0.2, -0.15) is 0 Å². The van der Waals surface area contributed by atoms with Crippen molar-refractivity contribution in [1.29, 1.82) is 0 Å². The Morgan fingerprint density at radius 1 is 1.33 bits per heavy atom. The lowest BCUT2D eigenvalue weighted by Crippen LogP contribution is -3.12. The van der Waals surface area contributed by atoms with Crippen LogP contribution in [0.25, 0.3) is 11.3 Å². The zero-order valence-corrected chi connectivity index (χ0v) is 13.0. The number of piperazine rings is 1. The lowest BCUT2D eigenvalue weighted by molar-refractivity contribution is -0.880. The summed E-state index contributed by atoms with van der Waals surface area (Å²) in [5, 5.41) is 2.97. The largest absolute Gasteiger partial charge is 0.496 e. The molecule has 0 atom stereocenters. The first kappa shape index (κ1) is 14.3. The van der Waals surface area contributed by atoms with Gasteiger partial charge in [0.05, 0.1) is 46.0 Å². The number of benzene rings is 1. The molecule has 0 unspecified atom stereocenters. The second kappa shape index (κ2) is 5.99. The van der Waals surface area contributed by atoms with Crippen molar-refractivity contribution in [1.82, 2.24) is 4.98 Å². The number of nitrogens with one attached hydrogen (secondary N) is 1. The number of ether oxygens (including phenoxy) is 1. The predicted octanol–water partition coefficient (Wildman–Crippen LogP) is 1.29. The minimum Gasteiger partial charge on any atom is -0.496 e. The molecule has 3 rings (SSSR count). The molecule has 2 aromatic rings. The van der Waals surface area contributed by atoms with Gasteiger partial charge >= 0.3 is 0 Å². The second-order valence-electron chi connectivity index (χ2n) is 5.30. The first-order chi connectivity index (χ1) is 10.2. The maximum Gasteiger partial charge on any atom is 0.186 e. The van der Waals surface area contributed by atoms with Crippen LogP contribution in [0.15, 0.2) is 23.6 Å². The smallest absolute Gasteiger partial charge is 0.186 e. The van der Waals surface area contributed by atoms with Crippen LogP contribution in [0.1, 0.15) is 0 Å². The van der Waals surface area contributed by atoms with E-state index in [0.717, 1.165) is 37.0 Å². The number of hydrogen-bond donors (Lipinski definition) is 1. The number of anilines is 1. The molecule has 0 spiro atoms. The second-order valence-corrected chi connectivity index (χ2v) is 6.14. The van der Waals surface area contributed by atoms with Crippen LogP contribution < -0.4 is 14.5 Å². The van der Waals surface area contributed by atoms with Gasteiger partial charge in [-0.25, -0.2) is 9.37 Å². The van der Waals surface area contributed by atoms with Gasteiger partial charge in [-0.05, 0) is 18.2 Å². The fourth-order valence-electron chi connectivity index (χ4n) is 2.49. The summed E-state index contributed by atoms with van der Waals surface area (Å²) in [6.07, 6.45) is 0. The minimum atomic E-state index is -0.274. The molecule has 112 valence electrons. The molecule has 0 amide bonds. The van der Waals surface area contributed by atoms with Gasteiger partial charge in [0.1, 0.15) is 11.6 Å². The molecule has 2 heterocycles. The fraction of sp³-hybridized carbons (Fsp3) is 0.400. The lowest BCUT2D eigenvalue weighted by atomic mass is 10.1. The number of thiazole rings is 1. The molecule has 0 radical (unpaired) electrons. The monoisotopic (exact) mass is 308 g/mol. The minimum absolute atomic E-state index is 0.274. The zero-order chi connectivity index (χ0) is 14.8. The molecule has 1 aromatic heterocycles. The van der Waals surface area contributed by atoms with E-state index in [2.05, 4.69) is 16.9 Å². The van der Waals surface area contributed by atoms with Crippen LogP contribution in [-0.4, -0.2) is 45.3 Å². The van der Waals surface area contributed by atoms with E-state index in [9.17, 15) is 4.39 Å². The number of quaternary nitrogens is 1. The van der Waals surface area contributed by atoms with Crippen LogP contribution in [0.3, 0.4) is 0 Å². The summed E-state index contributed by atoms with van der Waals surface area (Å²) in [6, 6.07) is 4.52. The number of nitrogens with zero attached hydrogens (tertiary/aromatic N) is 2. The number of hydrogen-bond acceptors (Lipinski definition) is 4. The van der Waals surface area contributed by atoms with Crippen molar-refractivity contribution in [2.45, 2.75) is 0 Å². The topological polar surface area (TPSA) is 29.8 Å². The highest BCUT2D eigenvalue weighted by molar-refractivity contribution is 7.14. The number of likely N-dealkylation sites (N-methyl/N-ethyl adjacent to an activating group) is 1. The number of halogens is 1. The first-order valence-corrected chi connectivity index (χ1v) is 7.91. The molecule has 1 aromatic carbocycles. The van der Waals surface area contributed by atoms with Gasteiger partial charge in [-0.1, -0.05) is 0 Å². The van der Waals surface area contributed by atoms with Crippen molar-refractivity contribution in [3.63, 3.8) is 0 Å². The maximum absolute atomic E-state index is 13.5. The van der Waals surface area contributed by atoms with Gasteiger partial charge in [-0.3, -0.25) is 0 Å². The summed E-state index contributed by atoms with van der Waals surface area (Å²) in [4.78, 5) is 8.52. The Morgan fingerprint density at radius 3 is 2.81 bits per heavy atom. The Morgan fingerprint density at radius 2 is 2.10 bits per heavy atom. The van der Waals surface area contributed by atoms with Crippen LogP contribution in [0.2, 0.25) is 0 Å². The SMILES string of the molecule is COc1ccc(F)cc1-c1csc(N2CC[NH+](C)CC2)n1. The van der Waals surface area contributed by atoms with E-state index < -0.39 is 0 Å². The Hall–Kier alpha value is -1.66. The van der Waals surface area contributed by atoms with Crippen LogP contribution >= 0.6 is 11.3 Å². The van der Waals surface area contributed by atoms with Crippen molar-refractivity contribution in [2.75, 3.05) is 45.2 Å². The van der Waals surface area contributed by atoms with Crippen molar-refractivity contribution < 1.29 is 14.0 Å². The van der Waals surface area contributed by atoms with Crippen molar-refractivity contribution in [3.05, 3.63) is 29.4 Å². The Bertz CT molecular complexity index is 623. The van der Waals surface area contributed by atoms with E-state index in [4.69, 9.17) is 4.74 Å². The van der Waals surface area contributed by atoms with Crippen LogP contribution in [0.4, 0.5) is 9.52 Å². The highest BCUT2D eigenvalue weighted by atomic mass is 32.1. The van der Waals surface area contributed by atoms with Crippen molar-refractivity contribution in [2.24, 2.45) is 0 Å². The number of methoxy groups -OCH3 is 1. The van der Waals surface area contributed by atoms with Crippen LogP contribution in [0.5, 0.6) is 5.75 Å². The van der Waals surface area contributed by atoms with E-state index in [0.29, 0.717) is 11.3 Å². The third-order valence-corrected chi connectivity index (χ3v) is 4.72.